The molecule has 1 aromatic carbocycles. The number of cyclic esters (lactones) is 2. The molecular weight excluding hydrogens is 192 g/mol. The van der Waals surface area contributed by atoms with E-state index >= 15 is 0 Å². The van der Waals surface area contributed by atoms with Crippen LogP contribution in [0.15, 0.2) is 30.3 Å². The van der Waals surface area contributed by atoms with E-state index in [4.69, 9.17) is 0 Å². The molecule has 1 fully saturated rings. The standard InChI is InChI=1S/C12H12O3/c1-8(9-5-3-2-4-6-9)10-7-11(13)15-12(10)14/h2-6,8,10H,7H2,1H3. The fourth-order valence-electron chi connectivity index (χ4n) is 1.86. The smallest absolute Gasteiger partial charge is 0.317 e. The zero-order valence-electron chi connectivity index (χ0n) is 8.47. The Labute approximate surface area is 88.1 Å². The van der Waals surface area contributed by atoms with Crippen LogP contribution < -0.4 is 0 Å². The lowest BCUT2D eigenvalue weighted by Crippen LogP contribution is -2.15. The van der Waals surface area contributed by atoms with Crippen molar-refractivity contribution in [1.29, 1.82) is 0 Å². The van der Waals surface area contributed by atoms with E-state index in [2.05, 4.69) is 4.74 Å². The second-order valence-corrected chi connectivity index (χ2v) is 3.80. The molecule has 3 heteroatoms. The minimum Gasteiger partial charge on any atom is -0.393 e. The summed E-state index contributed by atoms with van der Waals surface area (Å²) in [6, 6.07) is 9.69. The van der Waals surface area contributed by atoms with Crippen LogP contribution in [0.5, 0.6) is 0 Å². The zero-order valence-corrected chi connectivity index (χ0v) is 8.47. The molecule has 0 N–H and O–H groups in total. The molecule has 1 aliphatic heterocycles. The van der Waals surface area contributed by atoms with Crippen LogP contribution in [0.3, 0.4) is 0 Å². The Kier molecular flexibility index (Phi) is 2.54. The quantitative estimate of drug-likeness (QED) is 0.545. The minimum atomic E-state index is -0.409. The van der Waals surface area contributed by atoms with Gasteiger partial charge in [0.25, 0.3) is 0 Å². The molecule has 1 saturated heterocycles. The first-order valence-corrected chi connectivity index (χ1v) is 4.98. The average molecular weight is 204 g/mol. The van der Waals surface area contributed by atoms with Gasteiger partial charge in [-0.1, -0.05) is 37.3 Å². The van der Waals surface area contributed by atoms with Crippen LogP contribution in [0.25, 0.3) is 0 Å². The van der Waals surface area contributed by atoms with Gasteiger partial charge in [0, 0.05) is 0 Å². The Bertz CT molecular complexity index is 383. The molecule has 0 amide bonds. The van der Waals surface area contributed by atoms with Crippen LogP contribution in [0, 0.1) is 5.92 Å². The summed E-state index contributed by atoms with van der Waals surface area (Å²) in [5.41, 5.74) is 1.06. The highest BCUT2D eigenvalue weighted by Crippen LogP contribution is 2.31. The van der Waals surface area contributed by atoms with Gasteiger partial charge in [0.2, 0.25) is 0 Å². The van der Waals surface area contributed by atoms with Gasteiger partial charge in [-0.2, -0.15) is 0 Å². The van der Waals surface area contributed by atoms with Gasteiger partial charge in [0.15, 0.2) is 0 Å². The van der Waals surface area contributed by atoms with Gasteiger partial charge >= 0.3 is 11.9 Å². The summed E-state index contributed by atoms with van der Waals surface area (Å²) < 4.78 is 4.54. The summed E-state index contributed by atoms with van der Waals surface area (Å²) in [5, 5.41) is 0. The Morgan fingerprint density at radius 1 is 1.27 bits per heavy atom. The number of esters is 2. The van der Waals surface area contributed by atoms with E-state index in [1.54, 1.807) is 0 Å². The molecule has 2 rings (SSSR count). The van der Waals surface area contributed by atoms with Crippen LogP contribution in [-0.2, 0) is 14.3 Å². The van der Waals surface area contributed by atoms with Crippen LogP contribution in [0.1, 0.15) is 24.8 Å². The van der Waals surface area contributed by atoms with Crippen LogP contribution in [-0.4, -0.2) is 11.9 Å². The van der Waals surface area contributed by atoms with Crippen molar-refractivity contribution < 1.29 is 14.3 Å². The minimum absolute atomic E-state index is 0.0325. The van der Waals surface area contributed by atoms with Gasteiger partial charge in [0.05, 0.1) is 12.3 Å². The third-order valence-electron chi connectivity index (χ3n) is 2.83. The van der Waals surface area contributed by atoms with E-state index in [0.717, 1.165) is 5.56 Å². The third kappa shape index (κ3) is 1.91. The highest BCUT2D eigenvalue weighted by molar-refractivity contribution is 5.95. The molecule has 0 aromatic heterocycles. The first-order valence-electron chi connectivity index (χ1n) is 4.98. The molecule has 0 spiro atoms. The number of benzene rings is 1. The average Bonchev–Trinajstić information content (AvgIpc) is 2.58. The highest BCUT2D eigenvalue weighted by Gasteiger charge is 2.37. The lowest BCUT2D eigenvalue weighted by atomic mass is 9.87. The van der Waals surface area contributed by atoms with E-state index in [1.807, 2.05) is 37.3 Å². The van der Waals surface area contributed by atoms with E-state index < -0.39 is 11.9 Å². The molecule has 0 saturated carbocycles. The number of ether oxygens (including phenoxy) is 1. The van der Waals surface area contributed by atoms with Gasteiger partial charge in [-0.15, -0.1) is 0 Å². The molecule has 0 bridgehead atoms. The predicted octanol–water partition coefficient (Wildman–Crippen LogP) is 1.88. The lowest BCUT2D eigenvalue weighted by molar-refractivity contribution is -0.153. The highest BCUT2D eigenvalue weighted by atomic mass is 16.6. The first kappa shape index (κ1) is 9.90. The van der Waals surface area contributed by atoms with Crippen LogP contribution in [0.2, 0.25) is 0 Å². The van der Waals surface area contributed by atoms with Gasteiger partial charge in [0.1, 0.15) is 0 Å². The second-order valence-electron chi connectivity index (χ2n) is 3.80. The molecule has 0 radical (unpaired) electrons. The Balaban J connectivity index is 2.18. The van der Waals surface area contributed by atoms with Crippen molar-refractivity contribution >= 4 is 11.9 Å². The maximum Gasteiger partial charge on any atom is 0.317 e. The number of hydrogen-bond acceptors (Lipinski definition) is 3. The largest absolute Gasteiger partial charge is 0.393 e. The van der Waals surface area contributed by atoms with Crippen molar-refractivity contribution in [1.82, 2.24) is 0 Å². The molecule has 2 unspecified atom stereocenters. The summed E-state index contributed by atoms with van der Waals surface area (Å²) >= 11 is 0. The summed E-state index contributed by atoms with van der Waals surface area (Å²) in [6.07, 6.45) is 0.203. The molecule has 2 atom stereocenters. The second kappa shape index (κ2) is 3.85. The van der Waals surface area contributed by atoms with Crippen molar-refractivity contribution in [2.75, 3.05) is 0 Å². The Morgan fingerprint density at radius 2 is 1.93 bits per heavy atom. The van der Waals surface area contributed by atoms with Crippen molar-refractivity contribution in [3.63, 3.8) is 0 Å². The first-order chi connectivity index (χ1) is 7.18. The Morgan fingerprint density at radius 3 is 2.47 bits per heavy atom. The van der Waals surface area contributed by atoms with Crippen molar-refractivity contribution in [3.05, 3.63) is 35.9 Å². The monoisotopic (exact) mass is 204 g/mol. The normalized spacial score (nSPS) is 22.6. The SMILES string of the molecule is CC(c1ccccc1)C1CC(=O)OC1=O. The van der Waals surface area contributed by atoms with Gasteiger partial charge in [-0.3, -0.25) is 9.59 Å². The molecular formula is C12H12O3. The van der Waals surface area contributed by atoms with Crippen molar-refractivity contribution in [3.8, 4) is 0 Å². The Hall–Kier alpha value is -1.64. The van der Waals surface area contributed by atoms with E-state index in [-0.39, 0.29) is 18.3 Å². The fourth-order valence-corrected chi connectivity index (χ4v) is 1.86. The van der Waals surface area contributed by atoms with Crippen molar-refractivity contribution in [2.24, 2.45) is 5.92 Å². The summed E-state index contributed by atoms with van der Waals surface area (Å²) in [5.74, 6) is -1.09. The third-order valence-corrected chi connectivity index (χ3v) is 2.83. The topological polar surface area (TPSA) is 43.4 Å². The van der Waals surface area contributed by atoms with E-state index in [1.165, 1.54) is 0 Å². The van der Waals surface area contributed by atoms with Crippen LogP contribution in [0.4, 0.5) is 0 Å². The molecule has 3 nitrogen and oxygen atoms in total. The predicted molar refractivity (Wildman–Crippen MR) is 54.1 cm³/mol. The van der Waals surface area contributed by atoms with Gasteiger partial charge in [-0.25, -0.2) is 0 Å². The van der Waals surface area contributed by atoms with Crippen LogP contribution >= 0.6 is 0 Å². The number of rotatable bonds is 2. The summed E-state index contributed by atoms with van der Waals surface area (Å²) in [7, 11) is 0. The maximum atomic E-state index is 11.4. The van der Waals surface area contributed by atoms with E-state index in [9.17, 15) is 9.59 Å². The van der Waals surface area contributed by atoms with Gasteiger partial charge in [-0.05, 0) is 11.5 Å². The molecule has 1 heterocycles. The summed E-state index contributed by atoms with van der Waals surface area (Å²) in [6.45, 7) is 1.94. The number of carbonyl (C=O) groups excluding carboxylic acids is 2. The van der Waals surface area contributed by atoms with Crippen molar-refractivity contribution in [2.45, 2.75) is 19.3 Å². The van der Waals surface area contributed by atoms with E-state index in [0.29, 0.717) is 0 Å². The van der Waals surface area contributed by atoms with Gasteiger partial charge < -0.3 is 4.74 Å². The fraction of sp³-hybridized carbons (Fsp3) is 0.333. The molecule has 1 aliphatic rings. The molecule has 15 heavy (non-hydrogen) atoms. The molecule has 78 valence electrons. The number of hydrogen-bond donors (Lipinski definition) is 0. The lowest BCUT2D eigenvalue weighted by Gasteiger charge is -2.14. The maximum absolute atomic E-state index is 11.4. The molecule has 1 aromatic rings. The number of carbonyl (C=O) groups is 2. The summed E-state index contributed by atoms with van der Waals surface area (Å²) in [4.78, 5) is 22.3. The molecule has 0 aliphatic carbocycles. The zero-order chi connectivity index (χ0) is 10.8.